The Bertz CT molecular complexity index is 569. The minimum Gasteiger partial charge on any atom is -0.484 e. The molecule has 2 aromatic rings. The minimum atomic E-state index is -4.41. The number of pyridine rings is 1. The highest BCUT2D eigenvalue weighted by molar-refractivity contribution is 5.26. The summed E-state index contributed by atoms with van der Waals surface area (Å²) in [4.78, 5) is 3.38. The van der Waals surface area contributed by atoms with Crippen LogP contribution >= 0.6 is 0 Å². The van der Waals surface area contributed by atoms with Crippen molar-refractivity contribution in [2.45, 2.75) is 12.8 Å². The minimum absolute atomic E-state index is 0.0973. The number of benzene rings is 1. The smallest absolute Gasteiger partial charge is 0.416 e. The van der Waals surface area contributed by atoms with E-state index < -0.39 is 17.7 Å². The molecule has 0 spiro atoms. The predicted octanol–water partition coefficient (Wildman–Crippen LogP) is 3.82. The SMILES string of the molecule is Fc1ncccc1OCc1cccc(C(F)(F)F)c1. The first-order valence-electron chi connectivity index (χ1n) is 5.36. The molecule has 0 aliphatic heterocycles. The van der Waals surface area contributed by atoms with Gasteiger partial charge in [0, 0.05) is 6.20 Å². The zero-order valence-corrected chi connectivity index (χ0v) is 9.62. The maximum Gasteiger partial charge on any atom is 0.416 e. The fourth-order valence-corrected chi connectivity index (χ4v) is 1.48. The van der Waals surface area contributed by atoms with Crippen LogP contribution in [0.25, 0.3) is 0 Å². The van der Waals surface area contributed by atoms with Gasteiger partial charge in [0.2, 0.25) is 0 Å². The number of rotatable bonds is 3. The molecule has 0 unspecified atom stereocenters. The summed E-state index contributed by atoms with van der Waals surface area (Å²) >= 11 is 0. The van der Waals surface area contributed by atoms with E-state index in [4.69, 9.17) is 4.74 Å². The van der Waals surface area contributed by atoms with Gasteiger partial charge in [-0.1, -0.05) is 12.1 Å². The van der Waals surface area contributed by atoms with E-state index in [-0.39, 0.29) is 12.4 Å². The third-order valence-corrected chi connectivity index (χ3v) is 2.37. The van der Waals surface area contributed by atoms with Crippen molar-refractivity contribution in [1.29, 1.82) is 0 Å². The molecule has 0 bridgehead atoms. The summed E-state index contributed by atoms with van der Waals surface area (Å²) in [5.41, 5.74) is -0.460. The van der Waals surface area contributed by atoms with Crippen LogP contribution in [-0.2, 0) is 12.8 Å². The van der Waals surface area contributed by atoms with Crippen LogP contribution in [0.15, 0.2) is 42.6 Å². The van der Waals surface area contributed by atoms with Crippen LogP contribution in [0.2, 0.25) is 0 Å². The molecule has 100 valence electrons. The molecule has 1 heterocycles. The lowest BCUT2D eigenvalue weighted by Gasteiger charge is -2.10. The summed E-state index contributed by atoms with van der Waals surface area (Å²) in [6.07, 6.45) is -3.15. The Labute approximate surface area is 106 Å². The normalized spacial score (nSPS) is 11.4. The number of aromatic nitrogens is 1. The van der Waals surface area contributed by atoms with Crippen LogP contribution < -0.4 is 4.74 Å². The van der Waals surface area contributed by atoms with Gasteiger partial charge in [-0.2, -0.15) is 17.6 Å². The predicted molar refractivity (Wildman–Crippen MR) is 60.0 cm³/mol. The molecule has 0 fully saturated rings. The summed E-state index contributed by atoms with van der Waals surface area (Å²) in [7, 11) is 0. The van der Waals surface area contributed by atoms with E-state index in [2.05, 4.69) is 4.98 Å². The number of nitrogens with zero attached hydrogens (tertiary/aromatic N) is 1. The molecule has 1 aromatic carbocycles. The van der Waals surface area contributed by atoms with Crippen LogP contribution in [0.1, 0.15) is 11.1 Å². The second-order valence-electron chi connectivity index (χ2n) is 3.78. The van der Waals surface area contributed by atoms with Crippen molar-refractivity contribution >= 4 is 0 Å². The molecule has 2 rings (SSSR count). The van der Waals surface area contributed by atoms with Gasteiger partial charge in [-0.05, 0) is 29.8 Å². The maximum atomic E-state index is 13.1. The number of hydrogen-bond donors (Lipinski definition) is 0. The zero-order chi connectivity index (χ0) is 13.9. The van der Waals surface area contributed by atoms with Gasteiger partial charge in [0.05, 0.1) is 5.56 Å². The molecule has 6 heteroatoms. The molecule has 0 aliphatic carbocycles. The maximum absolute atomic E-state index is 13.1. The van der Waals surface area contributed by atoms with Gasteiger partial charge in [0.15, 0.2) is 5.75 Å². The highest BCUT2D eigenvalue weighted by Gasteiger charge is 2.30. The Morgan fingerprint density at radius 2 is 1.89 bits per heavy atom. The molecule has 2 nitrogen and oxygen atoms in total. The van der Waals surface area contributed by atoms with Gasteiger partial charge in [0.25, 0.3) is 5.95 Å². The number of hydrogen-bond acceptors (Lipinski definition) is 2. The molecule has 0 aliphatic rings. The number of alkyl halides is 3. The van der Waals surface area contributed by atoms with E-state index in [1.54, 1.807) is 0 Å². The van der Waals surface area contributed by atoms with Crippen LogP contribution in [0.4, 0.5) is 17.6 Å². The average Bonchev–Trinajstić information content (AvgIpc) is 2.37. The van der Waals surface area contributed by atoms with E-state index in [0.717, 1.165) is 12.1 Å². The van der Waals surface area contributed by atoms with Crippen molar-refractivity contribution in [3.8, 4) is 5.75 Å². The van der Waals surface area contributed by atoms with Crippen molar-refractivity contribution in [2.24, 2.45) is 0 Å². The summed E-state index contributed by atoms with van der Waals surface area (Å²) in [6.45, 7) is -0.160. The molecule has 19 heavy (non-hydrogen) atoms. The van der Waals surface area contributed by atoms with Gasteiger partial charge in [-0.3, -0.25) is 0 Å². The molecule has 1 aromatic heterocycles. The van der Waals surface area contributed by atoms with E-state index >= 15 is 0 Å². The monoisotopic (exact) mass is 271 g/mol. The van der Waals surface area contributed by atoms with Crippen molar-refractivity contribution < 1.29 is 22.3 Å². The van der Waals surface area contributed by atoms with E-state index in [1.807, 2.05) is 0 Å². The van der Waals surface area contributed by atoms with Crippen LogP contribution in [-0.4, -0.2) is 4.98 Å². The van der Waals surface area contributed by atoms with Crippen molar-refractivity contribution in [1.82, 2.24) is 4.98 Å². The summed E-state index contributed by atoms with van der Waals surface area (Å²) in [6, 6.07) is 7.52. The van der Waals surface area contributed by atoms with Gasteiger partial charge < -0.3 is 4.74 Å². The van der Waals surface area contributed by atoms with Crippen molar-refractivity contribution in [2.75, 3.05) is 0 Å². The standard InChI is InChI=1S/C13H9F4NO/c14-12-11(5-2-6-18-12)19-8-9-3-1-4-10(7-9)13(15,16)17/h1-7H,8H2. The Morgan fingerprint density at radius 3 is 2.58 bits per heavy atom. The fraction of sp³-hybridized carbons (Fsp3) is 0.154. The largest absolute Gasteiger partial charge is 0.484 e. The fourth-order valence-electron chi connectivity index (χ4n) is 1.48. The summed E-state index contributed by atoms with van der Waals surface area (Å²) in [5.74, 6) is -0.894. The Balaban J connectivity index is 2.10. The summed E-state index contributed by atoms with van der Waals surface area (Å²) in [5, 5.41) is 0. The number of halogens is 4. The molecular formula is C13H9F4NO. The second-order valence-corrected chi connectivity index (χ2v) is 3.78. The first-order valence-corrected chi connectivity index (χ1v) is 5.36. The highest BCUT2D eigenvalue weighted by Crippen LogP contribution is 2.29. The van der Waals surface area contributed by atoms with Crippen molar-refractivity contribution in [3.05, 3.63) is 59.7 Å². The Hall–Kier alpha value is -2.11. The molecular weight excluding hydrogens is 262 g/mol. The molecule has 0 amide bonds. The molecule has 0 radical (unpaired) electrons. The van der Waals surface area contributed by atoms with Gasteiger partial charge in [-0.15, -0.1) is 0 Å². The third kappa shape index (κ3) is 3.43. The first kappa shape index (κ1) is 13.3. The van der Waals surface area contributed by atoms with Gasteiger partial charge in [0.1, 0.15) is 6.61 Å². The highest BCUT2D eigenvalue weighted by atomic mass is 19.4. The summed E-state index contributed by atoms with van der Waals surface area (Å²) < 4.78 is 55.7. The molecule has 0 saturated carbocycles. The van der Waals surface area contributed by atoms with E-state index in [9.17, 15) is 17.6 Å². The lowest BCUT2D eigenvalue weighted by Crippen LogP contribution is -2.06. The van der Waals surface area contributed by atoms with Crippen LogP contribution in [0, 0.1) is 5.95 Å². The van der Waals surface area contributed by atoms with Crippen LogP contribution in [0.5, 0.6) is 5.75 Å². The number of ether oxygens (including phenoxy) is 1. The Morgan fingerprint density at radius 1 is 1.11 bits per heavy atom. The molecule has 0 atom stereocenters. The topological polar surface area (TPSA) is 22.1 Å². The van der Waals surface area contributed by atoms with Crippen LogP contribution in [0.3, 0.4) is 0 Å². The molecule has 0 saturated heterocycles. The van der Waals surface area contributed by atoms with E-state index in [1.165, 1.54) is 30.5 Å². The van der Waals surface area contributed by atoms with Gasteiger partial charge >= 0.3 is 6.18 Å². The van der Waals surface area contributed by atoms with Crippen molar-refractivity contribution in [3.63, 3.8) is 0 Å². The lowest BCUT2D eigenvalue weighted by atomic mass is 10.1. The third-order valence-electron chi connectivity index (χ3n) is 2.37. The second kappa shape index (κ2) is 5.26. The van der Waals surface area contributed by atoms with Gasteiger partial charge in [-0.25, -0.2) is 4.98 Å². The average molecular weight is 271 g/mol. The zero-order valence-electron chi connectivity index (χ0n) is 9.62. The quantitative estimate of drug-likeness (QED) is 0.625. The van der Waals surface area contributed by atoms with E-state index in [0.29, 0.717) is 5.56 Å². The molecule has 0 N–H and O–H groups in total. The lowest BCUT2D eigenvalue weighted by molar-refractivity contribution is -0.137. The Kier molecular flexibility index (Phi) is 3.69. The first-order chi connectivity index (χ1) is 8.97.